The molecule has 1 aromatic carbocycles. The van der Waals surface area contributed by atoms with Crippen molar-refractivity contribution in [3.8, 4) is 5.75 Å². The monoisotopic (exact) mass is 334 g/mol. The first-order valence-corrected chi connectivity index (χ1v) is 7.46. The van der Waals surface area contributed by atoms with E-state index >= 15 is 0 Å². The van der Waals surface area contributed by atoms with Gasteiger partial charge >= 0.3 is 0 Å². The Morgan fingerprint density at radius 3 is 2.74 bits per heavy atom. The van der Waals surface area contributed by atoms with E-state index < -0.39 is 0 Å². The van der Waals surface area contributed by atoms with Gasteiger partial charge in [0.1, 0.15) is 12.3 Å². The molecule has 1 heterocycles. The van der Waals surface area contributed by atoms with Crippen LogP contribution in [0.5, 0.6) is 5.75 Å². The Bertz CT molecular complexity index is 753. The molecular weight excluding hydrogens is 316 g/mol. The molecule has 1 aromatic heterocycles. The summed E-state index contributed by atoms with van der Waals surface area (Å²) in [6.45, 7) is 5.68. The average Bonchev–Trinajstić information content (AvgIpc) is 2.82. The minimum atomic E-state index is -0.253. The zero-order valence-electron chi connectivity index (χ0n) is 13.6. The molecule has 0 aliphatic carbocycles. The molecule has 0 radical (unpaired) electrons. The minimum Gasteiger partial charge on any atom is -0.496 e. The second-order valence-corrected chi connectivity index (χ2v) is 5.60. The number of ether oxygens (including phenoxy) is 1. The number of nitrogens with one attached hydrogen (secondary N) is 1. The van der Waals surface area contributed by atoms with Gasteiger partial charge in [0, 0.05) is 16.3 Å². The van der Waals surface area contributed by atoms with E-state index in [1.165, 1.54) is 0 Å². The molecule has 2 aromatic rings. The van der Waals surface area contributed by atoms with Crippen LogP contribution in [-0.4, -0.2) is 28.5 Å². The Morgan fingerprint density at radius 2 is 2.13 bits per heavy atom. The molecule has 0 aliphatic heterocycles. The number of methoxy groups -OCH3 is 1. The highest BCUT2D eigenvalue weighted by molar-refractivity contribution is 6.31. The van der Waals surface area contributed by atoms with Gasteiger partial charge in [-0.25, -0.2) is 5.43 Å². The largest absolute Gasteiger partial charge is 0.496 e. The third kappa shape index (κ3) is 4.32. The molecule has 0 spiro atoms. The molecule has 7 heteroatoms. The van der Waals surface area contributed by atoms with E-state index in [-0.39, 0.29) is 12.5 Å². The summed E-state index contributed by atoms with van der Waals surface area (Å²) >= 11 is 6.00. The van der Waals surface area contributed by atoms with Crippen LogP contribution in [0, 0.1) is 13.8 Å². The van der Waals surface area contributed by atoms with Crippen molar-refractivity contribution in [1.29, 1.82) is 0 Å². The second kappa shape index (κ2) is 7.28. The van der Waals surface area contributed by atoms with Crippen LogP contribution >= 0.6 is 11.6 Å². The Kier molecular flexibility index (Phi) is 5.39. The molecule has 0 aliphatic rings. The van der Waals surface area contributed by atoms with Gasteiger partial charge in [-0.3, -0.25) is 9.48 Å². The maximum Gasteiger partial charge on any atom is 0.261 e. The summed E-state index contributed by atoms with van der Waals surface area (Å²) in [4.78, 5) is 12.0. The molecular formula is C16H19ClN4O2. The lowest BCUT2D eigenvalue weighted by Crippen LogP contribution is -2.25. The van der Waals surface area contributed by atoms with Gasteiger partial charge in [-0.1, -0.05) is 11.6 Å². The maximum atomic E-state index is 12.0. The van der Waals surface area contributed by atoms with Crippen LogP contribution in [0.1, 0.15) is 23.9 Å². The molecule has 0 atom stereocenters. The number of carbonyl (C=O) groups is 1. The average molecular weight is 335 g/mol. The van der Waals surface area contributed by atoms with Crippen molar-refractivity contribution in [2.45, 2.75) is 27.3 Å². The van der Waals surface area contributed by atoms with Crippen LogP contribution in [0.4, 0.5) is 0 Å². The van der Waals surface area contributed by atoms with Crippen molar-refractivity contribution >= 4 is 23.2 Å². The second-order valence-electron chi connectivity index (χ2n) is 5.16. The molecule has 0 fully saturated rings. The summed E-state index contributed by atoms with van der Waals surface area (Å²) in [6, 6.07) is 7.15. The Labute approximate surface area is 140 Å². The first-order valence-electron chi connectivity index (χ1n) is 7.09. The summed E-state index contributed by atoms with van der Waals surface area (Å²) in [7, 11) is 1.57. The van der Waals surface area contributed by atoms with Crippen molar-refractivity contribution in [1.82, 2.24) is 15.2 Å². The fourth-order valence-corrected chi connectivity index (χ4v) is 2.35. The van der Waals surface area contributed by atoms with Gasteiger partial charge in [0.2, 0.25) is 0 Å². The highest BCUT2D eigenvalue weighted by Crippen LogP contribution is 2.23. The number of hydrazone groups is 1. The number of nitrogens with zero attached hydrogens (tertiary/aromatic N) is 3. The Balaban J connectivity index is 2.08. The van der Waals surface area contributed by atoms with Crippen molar-refractivity contribution in [2.75, 3.05) is 7.11 Å². The normalized spacial score (nSPS) is 11.4. The summed E-state index contributed by atoms with van der Waals surface area (Å²) in [5, 5.41) is 8.93. The third-order valence-corrected chi connectivity index (χ3v) is 3.53. The number of carbonyl (C=O) groups excluding carboxylic acids is 1. The molecule has 0 bridgehead atoms. The van der Waals surface area contributed by atoms with E-state index in [0.29, 0.717) is 16.5 Å². The first-order chi connectivity index (χ1) is 10.9. The van der Waals surface area contributed by atoms with Crippen LogP contribution in [0.25, 0.3) is 0 Å². The lowest BCUT2D eigenvalue weighted by atomic mass is 10.1. The van der Waals surface area contributed by atoms with Crippen molar-refractivity contribution in [3.05, 3.63) is 46.2 Å². The van der Waals surface area contributed by atoms with Crippen molar-refractivity contribution in [3.63, 3.8) is 0 Å². The number of aromatic nitrogens is 2. The molecule has 2 rings (SSSR count). The van der Waals surface area contributed by atoms with Crippen LogP contribution in [0.3, 0.4) is 0 Å². The zero-order chi connectivity index (χ0) is 17.0. The summed E-state index contributed by atoms with van der Waals surface area (Å²) in [5.41, 5.74) is 5.66. The molecule has 23 heavy (non-hydrogen) atoms. The lowest BCUT2D eigenvalue weighted by molar-refractivity contribution is -0.121. The smallest absolute Gasteiger partial charge is 0.261 e. The lowest BCUT2D eigenvalue weighted by Gasteiger charge is -2.09. The van der Waals surface area contributed by atoms with Gasteiger partial charge in [-0.05, 0) is 45.0 Å². The Morgan fingerprint density at radius 1 is 1.39 bits per heavy atom. The molecule has 122 valence electrons. The highest BCUT2D eigenvalue weighted by atomic mass is 35.5. The fourth-order valence-electron chi connectivity index (χ4n) is 2.18. The van der Waals surface area contributed by atoms with Crippen LogP contribution in [0.2, 0.25) is 5.02 Å². The summed E-state index contributed by atoms with van der Waals surface area (Å²) in [5.74, 6) is 0.389. The van der Waals surface area contributed by atoms with Gasteiger partial charge in [0.05, 0.1) is 18.5 Å². The van der Waals surface area contributed by atoms with Gasteiger partial charge in [0.25, 0.3) is 5.91 Å². The summed E-state index contributed by atoms with van der Waals surface area (Å²) < 4.78 is 6.91. The van der Waals surface area contributed by atoms with E-state index in [1.807, 2.05) is 19.9 Å². The van der Waals surface area contributed by atoms with E-state index in [0.717, 1.165) is 17.0 Å². The topological polar surface area (TPSA) is 68.5 Å². The van der Waals surface area contributed by atoms with E-state index in [1.54, 1.807) is 36.9 Å². The number of rotatable bonds is 5. The predicted molar refractivity (Wildman–Crippen MR) is 90.1 cm³/mol. The predicted octanol–water partition coefficient (Wildman–Crippen LogP) is 2.70. The minimum absolute atomic E-state index is 0.114. The molecule has 0 unspecified atom stereocenters. The summed E-state index contributed by atoms with van der Waals surface area (Å²) in [6.07, 6.45) is 0. The van der Waals surface area contributed by atoms with Gasteiger partial charge < -0.3 is 4.74 Å². The van der Waals surface area contributed by atoms with Crippen molar-refractivity contribution in [2.24, 2.45) is 5.10 Å². The number of hydrogen-bond acceptors (Lipinski definition) is 4. The maximum absolute atomic E-state index is 12.0. The van der Waals surface area contributed by atoms with E-state index in [4.69, 9.17) is 16.3 Å². The number of amides is 1. The quantitative estimate of drug-likeness (QED) is 0.675. The zero-order valence-corrected chi connectivity index (χ0v) is 14.3. The molecule has 0 saturated carbocycles. The number of benzene rings is 1. The first kappa shape index (κ1) is 17.0. The van der Waals surface area contributed by atoms with E-state index in [2.05, 4.69) is 15.6 Å². The standard InChI is InChI=1S/C16H19ClN4O2/c1-10-7-11(2)21(20-10)9-16(22)19-18-12(3)14-8-13(17)5-6-15(14)23-4/h5-8H,9H2,1-4H3,(H,19,22)/b18-12-. The number of hydrogen-bond donors (Lipinski definition) is 1. The molecule has 1 amide bonds. The number of halogens is 1. The van der Waals surface area contributed by atoms with E-state index in [9.17, 15) is 4.79 Å². The highest BCUT2D eigenvalue weighted by Gasteiger charge is 2.09. The van der Waals surface area contributed by atoms with Crippen LogP contribution < -0.4 is 10.2 Å². The van der Waals surface area contributed by atoms with Crippen LogP contribution in [-0.2, 0) is 11.3 Å². The Hall–Kier alpha value is -2.34. The van der Waals surface area contributed by atoms with Gasteiger partial charge in [-0.2, -0.15) is 10.2 Å². The van der Waals surface area contributed by atoms with Gasteiger partial charge in [0.15, 0.2) is 0 Å². The molecule has 6 nitrogen and oxygen atoms in total. The molecule has 1 N–H and O–H groups in total. The third-order valence-electron chi connectivity index (χ3n) is 3.30. The van der Waals surface area contributed by atoms with Gasteiger partial charge in [-0.15, -0.1) is 0 Å². The van der Waals surface area contributed by atoms with Crippen molar-refractivity contribution < 1.29 is 9.53 Å². The number of aryl methyl sites for hydroxylation is 2. The van der Waals surface area contributed by atoms with Crippen LogP contribution in [0.15, 0.2) is 29.4 Å². The SMILES string of the molecule is COc1ccc(Cl)cc1/C(C)=N\NC(=O)Cn1nc(C)cc1C. The fraction of sp³-hybridized carbons (Fsp3) is 0.312. The molecule has 0 saturated heterocycles.